The van der Waals surface area contributed by atoms with E-state index in [0.29, 0.717) is 24.9 Å². The number of halogens is 2. The molecule has 1 fully saturated rings. The first-order valence-corrected chi connectivity index (χ1v) is 5.77. The second kappa shape index (κ2) is 7.05. The predicted molar refractivity (Wildman–Crippen MR) is 77.2 cm³/mol. The van der Waals surface area contributed by atoms with Crippen LogP contribution in [-0.4, -0.2) is 33.6 Å². The van der Waals surface area contributed by atoms with Crippen molar-refractivity contribution in [3.05, 3.63) is 30.1 Å². The molecule has 1 aliphatic heterocycles. The van der Waals surface area contributed by atoms with Gasteiger partial charge in [0, 0.05) is 31.8 Å². The van der Waals surface area contributed by atoms with Crippen LogP contribution in [-0.2, 0) is 10.4 Å². The molecule has 1 aliphatic rings. The van der Waals surface area contributed by atoms with Gasteiger partial charge in [0.25, 0.3) is 0 Å². The molecule has 0 spiro atoms. The summed E-state index contributed by atoms with van der Waals surface area (Å²) in [6.07, 6.45) is 3.41. The number of hydrogen-bond acceptors (Lipinski definition) is 4. The molecule has 3 N–H and O–H groups in total. The number of pyridine rings is 1. The average Bonchev–Trinajstić information content (AvgIpc) is 2.68. The molecule has 2 rings (SSSR count). The van der Waals surface area contributed by atoms with Gasteiger partial charge in [-0.25, -0.2) is 0 Å². The number of hydrogen-bond donors (Lipinski definition) is 2. The lowest BCUT2D eigenvalue weighted by Gasteiger charge is -2.31. The zero-order valence-electron chi connectivity index (χ0n) is 10.7. The summed E-state index contributed by atoms with van der Waals surface area (Å²) in [5, 5.41) is 10.6. The van der Waals surface area contributed by atoms with Gasteiger partial charge in [0.05, 0.1) is 0 Å². The fourth-order valence-electron chi connectivity index (χ4n) is 2.27. The Hall–Kier alpha value is -0.880. The summed E-state index contributed by atoms with van der Waals surface area (Å²) in [5.74, 6) is -0.0255. The molecule has 0 bridgehead atoms. The van der Waals surface area contributed by atoms with Gasteiger partial charge in [-0.05, 0) is 17.7 Å². The van der Waals surface area contributed by atoms with Crippen molar-refractivity contribution >= 4 is 30.7 Å². The van der Waals surface area contributed by atoms with Gasteiger partial charge in [-0.3, -0.25) is 9.78 Å². The zero-order chi connectivity index (χ0) is 12.5. The minimum absolute atomic E-state index is 0. The van der Waals surface area contributed by atoms with E-state index in [-0.39, 0.29) is 30.7 Å². The fourth-order valence-corrected chi connectivity index (χ4v) is 2.27. The van der Waals surface area contributed by atoms with Crippen molar-refractivity contribution in [1.82, 2.24) is 9.88 Å². The Balaban J connectivity index is 0.00000162. The molecule has 7 heteroatoms. The summed E-state index contributed by atoms with van der Waals surface area (Å²) in [4.78, 5) is 17.1. The number of nitrogens with zero attached hydrogens (tertiary/aromatic N) is 2. The van der Waals surface area contributed by atoms with Gasteiger partial charge in [0.1, 0.15) is 11.8 Å². The zero-order valence-corrected chi connectivity index (χ0v) is 12.3. The molecule has 5 nitrogen and oxygen atoms in total. The molecule has 1 saturated heterocycles. The van der Waals surface area contributed by atoms with Gasteiger partial charge in [-0.2, -0.15) is 0 Å². The van der Waals surface area contributed by atoms with E-state index in [2.05, 4.69) is 4.98 Å². The molecule has 0 aromatic carbocycles. The number of amides is 1. The van der Waals surface area contributed by atoms with Crippen molar-refractivity contribution in [2.75, 3.05) is 6.54 Å². The Labute approximate surface area is 125 Å². The monoisotopic (exact) mass is 307 g/mol. The highest BCUT2D eigenvalue weighted by atomic mass is 35.5. The lowest BCUT2D eigenvalue weighted by Crippen LogP contribution is -2.51. The van der Waals surface area contributed by atoms with Crippen LogP contribution >= 0.6 is 24.8 Å². The summed E-state index contributed by atoms with van der Waals surface area (Å²) < 4.78 is 0. The number of carbonyl (C=O) groups is 1. The number of carbonyl (C=O) groups excluding carboxylic acids is 1. The standard InChI is InChI=1S/C12H17N3O2.2ClH/c1-2-10(16)15-8-5-12(17,11(15)13)9-3-6-14-7-4-9;;/h3-4,6-7,11,17H,2,5,8,13H2,1H3;2*1H/t11-,12+;;/m0../s1. The van der Waals surface area contributed by atoms with Gasteiger partial charge in [-0.15, -0.1) is 24.8 Å². The Morgan fingerprint density at radius 2 is 2.11 bits per heavy atom. The number of nitrogens with two attached hydrogens (primary N) is 1. The fraction of sp³-hybridized carbons (Fsp3) is 0.500. The maximum atomic E-state index is 11.7. The van der Waals surface area contributed by atoms with Gasteiger partial charge in [0.15, 0.2) is 0 Å². The second-order valence-electron chi connectivity index (χ2n) is 4.30. The van der Waals surface area contributed by atoms with Crippen molar-refractivity contribution in [2.45, 2.75) is 31.5 Å². The van der Waals surface area contributed by atoms with E-state index < -0.39 is 11.8 Å². The van der Waals surface area contributed by atoms with Crippen LogP contribution in [0.1, 0.15) is 25.3 Å². The van der Waals surface area contributed by atoms with Gasteiger partial charge in [0.2, 0.25) is 5.91 Å². The molecule has 0 radical (unpaired) electrons. The van der Waals surface area contributed by atoms with E-state index in [4.69, 9.17) is 5.73 Å². The smallest absolute Gasteiger partial charge is 0.223 e. The highest BCUT2D eigenvalue weighted by Gasteiger charge is 2.46. The van der Waals surface area contributed by atoms with Gasteiger partial charge >= 0.3 is 0 Å². The first kappa shape index (κ1) is 18.1. The minimum atomic E-state index is -1.16. The Kier molecular flexibility index (Phi) is 6.72. The molecule has 1 aromatic rings. The summed E-state index contributed by atoms with van der Waals surface area (Å²) in [6.45, 7) is 2.28. The van der Waals surface area contributed by atoms with Crippen LogP contribution in [0.25, 0.3) is 0 Å². The third-order valence-electron chi connectivity index (χ3n) is 3.36. The molecular weight excluding hydrogens is 289 g/mol. The molecule has 0 unspecified atom stereocenters. The van der Waals surface area contributed by atoms with Crippen LogP contribution in [0.4, 0.5) is 0 Å². The van der Waals surface area contributed by atoms with E-state index in [9.17, 15) is 9.90 Å². The SMILES string of the molecule is CCC(=O)N1CC[C@@](O)(c2ccncc2)[C@H]1N.Cl.Cl. The average molecular weight is 308 g/mol. The molecule has 2 atom stereocenters. The highest BCUT2D eigenvalue weighted by Crippen LogP contribution is 2.35. The third-order valence-corrected chi connectivity index (χ3v) is 3.36. The van der Waals surface area contributed by atoms with Crippen LogP contribution in [0, 0.1) is 0 Å². The molecule has 19 heavy (non-hydrogen) atoms. The van der Waals surface area contributed by atoms with E-state index in [1.165, 1.54) is 0 Å². The Morgan fingerprint density at radius 1 is 1.53 bits per heavy atom. The van der Waals surface area contributed by atoms with Crippen molar-refractivity contribution in [1.29, 1.82) is 0 Å². The quantitative estimate of drug-likeness (QED) is 0.855. The summed E-state index contributed by atoms with van der Waals surface area (Å²) >= 11 is 0. The van der Waals surface area contributed by atoms with Crippen molar-refractivity contribution in [3.8, 4) is 0 Å². The summed E-state index contributed by atoms with van der Waals surface area (Å²) in [6, 6.07) is 3.47. The number of aromatic nitrogens is 1. The van der Waals surface area contributed by atoms with E-state index in [1.54, 1.807) is 36.4 Å². The third kappa shape index (κ3) is 3.17. The van der Waals surface area contributed by atoms with Gasteiger partial charge in [-0.1, -0.05) is 6.92 Å². The van der Waals surface area contributed by atoms with Crippen molar-refractivity contribution in [2.24, 2.45) is 5.73 Å². The first-order valence-electron chi connectivity index (χ1n) is 5.77. The van der Waals surface area contributed by atoms with Crippen LogP contribution in [0.15, 0.2) is 24.5 Å². The lowest BCUT2D eigenvalue weighted by atomic mass is 9.91. The Bertz CT molecular complexity index is 419. The van der Waals surface area contributed by atoms with E-state index >= 15 is 0 Å². The maximum Gasteiger partial charge on any atom is 0.223 e. The van der Waals surface area contributed by atoms with Crippen LogP contribution in [0.5, 0.6) is 0 Å². The molecular formula is C12H19Cl2N3O2. The van der Waals surface area contributed by atoms with Crippen molar-refractivity contribution in [3.63, 3.8) is 0 Å². The van der Waals surface area contributed by atoms with Gasteiger partial charge < -0.3 is 15.7 Å². The topological polar surface area (TPSA) is 79.5 Å². The van der Waals surface area contributed by atoms with Crippen LogP contribution < -0.4 is 5.73 Å². The number of aliphatic hydroxyl groups is 1. The molecule has 0 saturated carbocycles. The largest absolute Gasteiger partial charge is 0.381 e. The number of rotatable bonds is 2. The molecule has 1 aromatic heterocycles. The molecule has 1 amide bonds. The molecule has 2 heterocycles. The van der Waals surface area contributed by atoms with Crippen molar-refractivity contribution < 1.29 is 9.90 Å². The highest BCUT2D eigenvalue weighted by molar-refractivity contribution is 5.85. The number of likely N-dealkylation sites (tertiary alicyclic amines) is 1. The lowest BCUT2D eigenvalue weighted by molar-refractivity contribution is -0.134. The minimum Gasteiger partial charge on any atom is -0.381 e. The second-order valence-corrected chi connectivity index (χ2v) is 4.30. The summed E-state index contributed by atoms with van der Waals surface area (Å²) in [7, 11) is 0. The van der Waals surface area contributed by atoms with Crippen LogP contribution in [0.2, 0.25) is 0 Å². The molecule has 108 valence electrons. The summed E-state index contributed by atoms with van der Waals surface area (Å²) in [5.41, 5.74) is 5.56. The first-order chi connectivity index (χ1) is 8.09. The van der Waals surface area contributed by atoms with Crippen LogP contribution in [0.3, 0.4) is 0 Å². The van der Waals surface area contributed by atoms with E-state index in [0.717, 1.165) is 0 Å². The maximum absolute atomic E-state index is 11.7. The normalized spacial score (nSPS) is 25.4. The van der Waals surface area contributed by atoms with E-state index in [1.807, 2.05) is 0 Å². The molecule has 0 aliphatic carbocycles. The predicted octanol–water partition coefficient (Wildman–Crippen LogP) is 1.04. The Morgan fingerprint density at radius 3 is 2.63 bits per heavy atom.